The molecule has 2 aromatic rings. The Morgan fingerprint density at radius 3 is 2.21 bits per heavy atom. The Morgan fingerprint density at radius 1 is 1.00 bits per heavy atom. The third-order valence-corrected chi connectivity index (χ3v) is 7.61. The normalized spacial score (nSPS) is 15.8. The molecule has 10 heteroatoms. The van der Waals surface area contributed by atoms with Crippen molar-refractivity contribution in [2.24, 2.45) is 5.92 Å². The van der Waals surface area contributed by atoms with E-state index in [0.717, 1.165) is 5.56 Å². The van der Waals surface area contributed by atoms with Gasteiger partial charge in [0.15, 0.2) is 0 Å². The zero-order valence-corrected chi connectivity index (χ0v) is 20.1. The average Bonchev–Trinajstić information content (AvgIpc) is 2.83. The van der Waals surface area contributed by atoms with Gasteiger partial charge in [-0.15, -0.1) is 0 Å². The molecular weight excluding hydrogens is 456 g/mol. The number of carbonyl (C=O) groups excluding carboxylic acids is 3. The van der Waals surface area contributed by atoms with Crippen LogP contribution in [-0.4, -0.2) is 49.6 Å². The van der Waals surface area contributed by atoms with Gasteiger partial charge in [-0.1, -0.05) is 30.3 Å². The maximum Gasteiger partial charge on any atom is 0.243 e. The lowest BCUT2D eigenvalue weighted by Gasteiger charge is -2.31. The van der Waals surface area contributed by atoms with Crippen LogP contribution in [0.2, 0.25) is 0 Å². The minimum atomic E-state index is -3.70. The summed E-state index contributed by atoms with van der Waals surface area (Å²) in [5, 5.41) is 8.14. The van der Waals surface area contributed by atoms with Crippen molar-refractivity contribution in [3.8, 4) is 0 Å². The molecule has 2 aromatic carbocycles. The van der Waals surface area contributed by atoms with Crippen LogP contribution in [0.15, 0.2) is 59.5 Å². The first kappa shape index (κ1) is 25.4. The maximum absolute atomic E-state index is 12.9. The van der Waals surface area contributed by atoms with E-state index in [1.165, 1.54) is 23.4 Å². The summed E-state index contributed by atoms with van der Waals surface area (Å²) >= 11 is 0. The smallest absolute Gasteiger partial charge is 0.243 e. The predicted octanol–water partition coefficient (Wildman–Crippen LogP) is 1.87. The van der Waals surface area contributed by atoms with Crippen LogP contribution in [0.25, 0.3) is 0 Å². The minimum Gasteiger partial charge on any atom is -0.350 e. The first-order valence-corrected chi connectivity index (χ1v) is 12.6. The van der Waals surface area contributed by atoms with Crippen LogP contribution in [0.5, 0.6) is 0 Å². The molecule has 1 fully saturated rings. The highest BCUT2D eigenvalue weighted by atomic mass is 32.2. The highest BCUT2D eigenvalue weighted by Gasteiger charge is 2.33. The summed E-state index contributed by atoms with van der Waals surface area (Å²) in [4.78, 5) is 36.2. The number of sulfonamides is 1. The summed E-state index contributed by atoms with van der Waals surface area (Å²) < 4.78 is 27.2. The van der Waals surface area contributed by atoms with Gasteiger partial charge in [-0.3, -0.25) is 14.4 Å². The fourth-order valence-corrected chi connectivity index (χ4v) is 5.23. The number of rotatable bonds is 8. The third kappa shape index (κ3) is 6.64. The Labute approximate surface area is 200 Å². The van der Waals surface area contributed by atoms with Crippen molar-refractivity contribution in [3.05, 3.63) is 60.2 Å². The number of anilines is 1. The molecule has 0 radical (unpaired) electrons. The number of amides is 3. The predicted molar refractivity (Wildman–Crippen MR) is 128 cm³/mol. The second-order valence-electron chi connectivity index (χ2n) is 8.32. The van der Waals surface area contributed by atoms with Crippen molar-refractivity contribution in [2.75, 3.05) is 18.4 Å². The zero-order chi connectivity index (χ0) is 24.7. The van der Waals surface area contributed by atoms with E-state index in [2.05, 4.69) is 16.0 Å². The molecule has 0 spiro atoms. The summed E-state index contributed by atoms with van der Waals surface area (Å²) in [5.41, 5.74) is 1.48. The largest absolute Gasteiger partial charge is 0.350 e. The Bertz CT molecular complexity index is 1110. The lowest BCUT2D eigenvalue weighted by atomic mass is 9.97. The van der Waals surface area contributed by atoms with E-state index < -0.39 is 16.1 Å². The van der Waals surface area contributed by atoms with Crippen molar-refractivity contribution in [3.63, 3.8) is 0 Å². The molecule has 1 aliphatic heterocycles. The van der Waals surface area contributed by atoms with Crippen LogP contribution in [0.3, 0.4) is 0 Å². The van der Waals surface area contributed by atoms with Crippen LogP contribution in [0, 0.1) is 5.92 Å². The molecular formula is C24H30N4O5S. The highest BCUT2D eigenvalue weighted by molar-refractivity contribution is 7.89. The molecule has 0 bridgehead atoms. The number of nitrogens with zero attached hydrogens (tertiary/aromatic N) is 1. The molecule has 3 rings (SSSR count). The zero-order valence-electron chi connectivity index (χ0n) is 19.3. The number of carbonyl (C=O) groups is 3. The first-order chi connectivity index (χ1) is 16.2. The Hall–Kier alpha value is -3.24. The average molecular weight is 487 g/mol. The van der Waals surface area contributed by atoms with E-state index in [0.29, 0.717) is 25.1 Å². The van der Waals surface area contributed by atoms with E-state index in [9.17, 15) is 22.8 Å². The molecule has 182 valence electrons. The molecule has 3 amide bonds. The minimum absolute atomic E-state index is 0.133. The fraction of sp³-hybridized carbons (Fsp3) is 0.375. The standard InChI is InChI=1S/C24H30N4O5S/c1-17(23(30)25-16-19-6-4-3-5-7-19)26-24(31)20-12-14-28(15-13-20)34(32,33)22-10-8-21(9-11-22)27-18(2)29/h3-11,17,20H,12-16H2,1-2H3,(H,25,30)(H,26,31)(H,27,29). The van der Waals surface area contributed by atoms with E-state index in [4.69, 9.17) is 0 Å². The number of benzene rings is 2. The summed E-state index contributed by atoms with van der Waals surface area (Å²) in [6.07, 6.45) is 0.737. The molecule has 1 atom stereocenters. The lowest BCUT2D eigenvalue weighted by molar-refractivity contribution is -0.131. The summed E-state index contributed by atoms with van der Waals surface area (Å²) in [5.74, 6) is -1.13. The van der Waals surface area contributed by atoms with Gasteiger partial charge >= 0.3 is 0 Å². The second kappa shape index (κ2) is 11.3. The molecule has 3 N–H and O–H groups in total. The topological polar surface area (TPSA) is 125 Å². The van der Waals surface area contributed by atoms with E-state index >= 15 is 0 Å². The van der Waals surface area contributed by atoms with Gasteiger partial charge in [-0.2, -0.15) is 4.31 Å². The molecule has 0 saturated carbocycles. The third-order valence-electron chi connectivity index (χ3n) is 5.70. The van der Waals surface area contributed by atoms with Crippen LogP contribution in [0.4, 0.5) is 5.69 Å². The van der Waals surface area contributed by atoms with Crippen molar-refractivity contribution in [1.29, 1.82) is 0 Å². The van der Waals surface area contributed by atoms with Crippen molar-refractivity contribution < 1.29 is 22.8 Å². The Kier molecular flexibility index (Phi) is 8.41. The Morgan fingerprint density at radius 2 is 1.62 bits per heavy atom. The molecule has 34 heavy (non-hydrogen) atoms. The van der Waals surface area contributed by atoms with Gasteiger partial charge in [-0.05, 0) is 49.6 Å². The number of nitrogens with one attached hydrogen (secondary N) is 3. The van der Waals surface area contributed by atoms with E-state index in [1.807, 2.05) is 30.3 Å². The van der Waals surface area contributed by atoms with Crippen LogP contribution in [-0.2, 0) is 31.0 Å². The maximum atomic E-state index is 12.9. The summed E-state index contributed by atoms with van der Waals surface area (Å²) in [7, 11) is -3.70. The van der Waals surface area contributed by atoms with Gasteiger partial charge < -0.3 is 16.0 Å². The van der Waals surface area contributed by atoms with Gasteiger partial charge in [-0.25, -0.2) is 8.42 Å². The highest BCUT2D eigenvalue weighted by Crippen LogP contribution is 2.25. The van der Waals surface area contributed by atoms with Gasteiger partial charge in [0, 0.05) is 38.2 Å². The molecule has 1 unspecified atom stereocenters. The quantitative estimate of drug-likeness (QED) is 0.525. The molecule has 0 aromatic heterocycles. The SMILES string of the molecule is CC(=O)Nc1ccc(S(=O)(=O)N2CCC(C(=O)NC(C)C(=O)NCc3ccccc3)CC2)cc1. The van der Waals surface area contributed by atoms with Gasteiger partial charge in [0.25, 0.3) is 0 Å². The molecule has 1 saturated heterocycles. The lowest BCUT2D eigenvalue weighted by Crippen LogP contribution is -2.49. The number of hydrogen-bond acceptors (Lipinski definition) is 5. The molecule has 1 heterocycles. The fourth-order valence-electron chi connectivity index (χ4n) is 3.76. The van der Waals surface area contributed by atoms with Crippen LogP contribution in [0.1, 0.15) is 32.3 Å². The van der Waals surface area contributed by atoms with Crippen molar-refractivity contribution >= 4 is 33.4 Å². The summed E-state index contributed by atoms with van der Waals surface area (Å²) in [6, 6.07) is 14.8. The second-order valence-corrected chi connectivity index (χ2v) is 10.3. The number of hydrogen-bond donors (Lipinski definition) is 3. The van der Waals surface area contributed by atoms with E-state index in [1.54, 1.807) is 19.1 Å². The van der Waals surface area contributed by atoms with Gasteiger partial charge in [0.1, 0.15) is 6.04 Å². The van der Waals surface area contributed by atoms with Gasteiger partial charge in [0.2, 0.25) is 27.7 Å². The van der Waals surface area contributed by atoms with Crippen molar-refractivity contribution in [2.45, 2.75) is 44.2 Å². The molecule has 0 aliphatic carbocycles. The molecule has 9 nitrogen and oxygen atoms in total. The molecule has 1 aliphatic rings. The number of piperidine rings is 1. The van der Waals surface area contributed by atoms with E-state index in [-0.39, 0.29) is 41.6 Å². The monoisotopic (exact) mass is 486 g/mol. The first-order valence-electron chi connectivity index (χ1n) is 11.2. The van der Waals surface area contributed by atoms with Crippen LogP contribution >= 0.6 is 0 Å². The van der Waals surface area contributed by atoms with Crippen molar-refractivity contribution in [1.82, 2.24) is 14.9 Å². The Balaban J connectivity index is 1.49. The van der Waals surface area contributed by atoms with Crippen LogP contribution < -0.4 is 16.0 Å². The van der Waals surface area contributed by atoms with Gasteiger partial charge in [0.05, 0.1) is 4.90 Å². The summed E-state index contributed by atoms with van der Waals surface area (Å²) in [6.45, 7) is 3.80.